The molecular weight excluding hydrogens is 254 g/mol. The van der Waals surface area contributed by atoms with E-state index in [4.69, 9.17) is 0 Å². The maximum atomic E-state index is 11.5. The molecule has 0 spiro atoms. The lowest BCUT2D eigenvalue weighted by Crippen LogP contribution is -2.43. The van der Waals surface area contributed by atoms with Crippen LogP contribution in [0.2, 0.25) is 0 Å². The first-order valence-corrected chi connectivity index (χ1v) is 7.22. The van der Waals surface area contributed by atoms with Gasteiger partial charge in [-0.05, 0) is 17.5 Å². The van der Waals surface area contributed by atoms with Crippen molar-refractivity contribution in [3.05, 3.63) is 35.4 Å². The van der Waals surface area contributed by atoms with Gasteiger partial charge in [-0.3, -0.25) is 4.90 Å². The van der Waals surface area contributed by atoms with Gasteiger partial charge in [-0.1, -0.05) is 24.3 Å². The first kappa shape index (κ1) is 13.4. The molecule has 0 saturated carbocycles. The molecule has 2 heterocycles. The molecule has 0 radical (unpaired) electrons. The third kappa shape index (κ3) is 2.94. The fourth-order valence-electron chi connectivity index (χ4n) is 3.01. The summed E-state index contributed by atoms with van der Waals surface area (Å²) in [5.74, 6) is 0. The summed E-state index contributed by atoms with van der Waals surface area (Å²) in [6.07, 6.45) is 0.553. The molecule has 2 N–H and O–H groups in total. The van der Waals surface area contributed by atoms with E-state index < -0.39 is 6.10 Å². The van der Waals surface area contributed by atoms with Crippen LogP contribution in [0.15, 0.2) is 24.3 Å². The molecule has 20 heavy (non-hydrogen) atoms. The smallest absolute Gasteiger partial charge is 0.317 e. The van der Waals surface area contributed by atoms with Crippen molar-refractivity contribution in [3.63, 3.8) is 0 Å². The van der Waals surface area contributed by atoms with Crippen LogP contribution in [0, 0.1) is 0 Å². The third-order valence-corrected chi connectivity index (χ3v) is 4.05. The summed E-state index contributed by atoms with van der Waals surface area (Å²) < 4.78 is 0. The number of nitrogens with one attached hydrogen (secondary N) is 1. The van der Waals surface area contributed by atoms with Gasteiger partial charge in [-0.2, -0.15) is 0 Å². The lowest BCUT2D eigenvalue weighted by atomic mass is 10.00. The van der Waals surface area contributed by atoms with Crippen LogP contribution in [0.1, 0.15) is 11.1 Å². The number of fused-ring (bicyclic) bond motifs is 1. The summed E-state index contributed by atoms with van der Waals surface area (Å²) in [7, 11) is 0. The number of aliphatic hydroxyl groups excluding tert-OH is 1. The van der Waals surface area contributed by atoms with Crippen molar-refractivity contribution in [1.82, 2.24) is 15.1 Å². The van der Waals surface area contributed by atoms with Gasteiger partial charge in [0, 0.05) is 39.3 Å². The Balaban J connectivity index is 1.52. The molecule has 0 aromatic heterocycles. The number of hydrogen-bond donors (Lipinski definition) is 2. The standard InChI is InChI=1S/C15H21N3O2/c19-14(11-18-8-6-16-15(18)20)10-17-7-5-12-3-1-2-4-13(12)9-17/h1-4,14,19H,5-11H2,(H,16,20)/t14-/m1/s1. The highest BCUT2D eigenvalue weighted by Gasteiger charge is 2.24. The van der Waals surface area contributed by atoms with Crippen LogP contribution in [-0.2, 0) is 13.0 Å². The van der Waals surface area contributed by atoms with Crippen LogP contribution in [-0.4, -0.2) is 59.8 Å². The van der Waals surface area contributed by atoms with Crippen LogP contribution in [0.4, 0.5) is 4.79 Å². The van der Waals surface area contributed by atoms with Gasteiger partial charge in [0.05, 0.1) is 6.10 Å². The van der Waals surface area contributed by atoms with Crippen LogP contribution >= 0.6 is 0 Å². The van der Waals surface area contributed by atoms with E-state index in [2.05, 4.69) is 34.5 Å². The highest BCUT2D eigenvalue weighted by atomic mass is 16.3. The summed E-state index contributed by atoms with van der Waals surface area (Å²) in [6, 6.07) is 8.41. The van der Waals surface area contributed by atoms with E-state index >= 15 is 0 Å². The van der Waals surface area contributed by atoms with E-state index in [1.54, 1.807) is 4.90 Å². The van der Waals surface area contributed by atoms with Crippen LogP contribution in [0.5, 0.6) is 0 Å². The predicted octanol–water partition coefficient (Wildman–Crippen LogP) is 0.431. The predicted molar refractivity (Wildman–Crippen MR) is 76.4 cm³/mol. The maximum Gasteiger partial charge on any atom is 0.317 e. The first-order chi connectivity index (χ1) is 9.72. The molecule has 2 amide bonds. The van der Waals surface area contributed by atoms with Gasteiger partial charge in [0.25, 0.3) is 0 Å². The Morgan fingerprint density at radius 3 is 2.75 bits per heavy atom. The Labute approximate surface area is 119 Å². The quantitative estimate of drug-likeness (QED) is 0.838. The van der Waals surface area contributed by atoms with Crippen LogP contribution < -0.4 is 5.32 Å². The summed E-state index contributed by atoms with van der Waals surface area (Å²) >= 11 is 0. The molecule has 0 aliphatic carbocycles. The molecule has 108 valence electrons. The van der Waals surface area contributed by atoms with Gasteiger partial charge in [0.2, 0.25) is 0 Å². The largest absolute Gasteiger partial charge is 0.390 e. The molecule has 1 aromatic rings. The number of β-amino-alcohol motifs (C(OH)–C–C–N with tert-alkyl or cyclic N) is 1. The summed E-state index contributed by atoms with van der Waals surface area (Å²) in [5.41, 5.74) is 2.77. The van der Waals surface area contributed by atoms with Gasteiger partial charge < -0.3 is 15.3 Å². The molecule has 2 aliphatic heterocycles. The number of amides is 2. The highest BCUT2D eigenvalue weighted by Crippen LogP contribution is 2.18. The van der Waals surface area contributed by atoms with E-state index in [-0.39, 0.29) is 6.03 Å². The second-order valence-electron chi connectivity index (χ2n) is 5.59. The van der Waals surface area contributed by atoms with Crippen LogP contribution in [0.3, 0.4) is 0 Å². The molecule has 1 atom stereocenters. The van der Waals surface area contributed by atoms with E-state index in [0.29, 0.717) is 26.2 Å². The number of urea groups is 1. The van der Waals surface area contributed by atoms with E-state index in [9.17, 15) is 9.90 Å². The molecule has 2 aliphatic rings. The number of benzene rings is 1. The number of nitrogens with zero attached hydrogens (tertiary/aromatic N) is 2. The molecular formula is C15H21N3O2. The van der Waals surface area contributed by atoms with Crippen molar-refractivity contribution in [3.8, 4) is 0 Å². The number of carbonyl (C=O) groups is 1. The molecule has 0 bridgehead atoms. The van der Waals surface area contributed by atoms with Crippen molar-refractivity contribution < 1.29 is 9.90 Å². The maximum absolute atomic E-state index is 11.5. The molecule has 5 nitrogen and oxygen atoms in total. The number of aliphatic hydroxyl groups is 1. The second-order valence-corrected chi connectivity index (χ2v) is 5.59. The van der Waals surface area contributed by atoms with E-state index in [1.807, 2.05) is 0 Å². The van der Waals surface area contributed by atoms with Gasteiger partial charge in [0.15, 0.2) is 0 Å². The Bertz CT molecular complexity index is 492. The number of hydrogen-bond acceptors (Lipinski definition) is 3. The molecule has 3 rings (SSSR count). The Hall–Kier alpha value is -1.59. The molecule has 1 fully saturated rings. The SMILES string of the molecule is O=C1NCCN1C[C@H](O)CN1CCc2ccccc2C1. The third-order valence-electron chi connectivity index (χ3n) is 4.05. The Morgan fingerprint density at radius 1 is 1.20 bits per heavy atom. The summed E-state index contributed by atoms with van der Waals surface area (Å²) in [5, 5.41) is 12.9. The van der Waals surface area contributed by atoms with Crippen molar-refractivity contribution in [2.45, 2.75) is 19.1 Å². The van der Waals surface area contributed by atoms with Gasteiger partial charge in [-0.15, -0.1) is 0 Å². The van der Waals surface area contributed by atoms with Crippen LogP contribution in [0.25, 0.3) is 0 Å². The van der Waals surface area contributed by atoms with Gasteiger partial charge >= 0.3 is 6.03 Å². The van der Waals surface area contributed by atoms with Crippen molar-refractivity contribution in [2.75, 3.05) is 32.7 Å². The lowest BCUT2D eigenvalue weighted by molar-refractivity contribution is 0.0826. The monoisotopic (exact) mass is 275 g/mol. The summed E-state index contributed by atoms with van der Waals surface area (Å²) in [4.78, 5) is 15.4. The van der Waals surface area contributed by atoms with Gasteiger partial charge in [-0.25, -0.2) is 4.79 Å². The Kier molecular flexibility index (Phi) is 3.89. The topological polar surface area (TPSA) is 55.8 Å². The fraction of sp³-hybridized carbons (Fsp3) is 0.533. The average Bonchev–Trinajstić information content (AvgIpc) is 2.84. The molecule has 1 aromatic carbocycles. The molecule has 0 unspecified atom stereocenters. The Morgan fingerprint density at radius 2 is 2.00 bits per heavy atom. The van der Waals surface area contributed by atoms with Crippen molar-refractivity contribution in [2.24, 2.45) is 0 Å². The van der Waals surface area contributed by atoms with Crippen molar-refractivity contribution >= 4 is 6.03 Å². The zero-order valence-corrected chi connectivity index (χ0v) is 11.6. The van der Waals surface area contributed by atoms with E-state index in [1.165, 1.54) is 11.1 Å². The summed E-state index contributed by atoms with van der Waals surface area (Å²) in [6.45, 7) is 4.28. The average molecular weight is 275 g/mol. The minimum absolute atomic E-state index is 0.0620. The molecule has 1 saturated heterocycles. The number of carbonyl (C=O) groups excluding carboxylic acids is 1. The van der Waals surface area contributed by atoms with Gasteiger partial charge in [0.1, 0.15) is 0 Å². The minimum Gasteiger partial charge on any atom is -0.390 e. The fourth-order valence-corrected chi connectivity index (χ4v) is 3.01. The zero-order valence-electron chi connectivity index (χ0n) is 11.6. The minimum atomic E-state index is -0.482. The second kappa shape index (κ2) is 5.81. The highest BCUT2D eigenvalue weighted by molar-refractivity contribution is 5.76. The lowest BCUT2D eigenvalue weighted by Gasteiger charge is -2.31. The number of rotatable bonds is 4. The van der Waals surface area contributed by atoms with Crippen molar-refractivity contribution in [1.29, 1.82) is 0 Å². The van der Waals surface area contributed by atoms with E-state index in [0.717, 1.165) is 19.5 Å². The normalized spacial score (nSPS) is 20.6. The zero-order chi connectivity index (χ0) is 13.9. The first-order valence-electron chi connectivity index (χ1n) is 7.22. The molecule has 5 heteroatoms.